The Balaban J connectivity index is 1.26. The van der Waals surface area contributed by atoms with Crippen LogP contribution in [0.15, 0.2) is 48.9 Å². The lowest BCUT2D eigenvalue weighted by Crippen LogP contribution is -2.23. The number of hydrogen-bond donors (Lipinski definition) is 2. The van der Waals surface area contributed by atoms with Gasteiger partial charge in [0, 0.05) is 54.6 Å². The van der Waals surface area contributed by atoms with Gasteiger partial charge in [-0.3, -0.25) is 4.79 Å². The topological polar surface area (TPSA) is 111 Å². The Morgan fingerprint density at radius 3 is 2.69 bits per heavy atom. The summed E-state index contributed by atoms with van der Waals surface area (Å²) < 4.78 is 7.58. The molecule has 0 radical (unpaired) electrons. The van der Waals surface area contributed by atoms with Crippen LogP contribution in [0.2, 0.25) is 0 Å². The molecule has 3 N–H and O–H groups in total. The second-order valence-corrected chi connectivity index (χ2v) is 8.75. The van der Waals surface area contributed by atoms with E-state index in [4.69, 9.17) is 10.5 Å². The molecule has 9 nitrogen and oxygen atoms in total. The maximum absolute atomic E-state index is 12.9. The minimum atomic E-state index is -0.245. The molecule has 1 aliphatic rings. The van der Waals surface area contributed by atoms with Gasteiger partial charge in [-0.1, -0.05) is 18.2 Å². The normalized spacial score (nSPS) is 13.4. The summed E-state index contributed by atoms with van der Waals surface area (Å²) in [6, 6.07) is 9.80. The molecule has 1 saturated heterocycles. The number of nitrogen functional groups attached to an aromatic ring is 1. The average molecular weight is 472 g/mol. The number of carbonyl (C=O) groups excluding carboxylic acids is 1. The van der Waals surface area contributed by atoms with E-state index in [0.29, 0.717) is 30.4 Å². The van der Waals surface area contributed by atoms with E-state index < -0.39 is 0 Å². The number of anilines is 2. The van der Waals surface area contributed by atoms with Gasteiger partial charge < -0.3 is 25.3 Å². The van der Waals surface area contributed by atoms with Gasteiger partial charge in [0.15, 0.2) is 0 Å². The molecule has 180 valence electrons. The number of nitrogens with one attached hydrogen (secondary N) is 1. The molecule has 0 saturated carbocycles. The van der Waals surface area contributed by atoms with Crippen molar-refractivity contribution in [2.75, 3.05) is 30.8 Å². The van der Waals surface area contributed by atoms with Gasteiger partial charge in [-0.25, -0.2) is 15.0 Å². The molecule has 0 aliphatic carbocycles. The summed E-state index contributed by atoms with van der Waals surface area (Å²) in [5.74, 6) is 2.66. The number of rotatable bonds is 7. The summed E-state index contributed by atoms with van der Waals surface area (Å²) in [6.07, 6.45) is 7.78. The number of nitrogens with two attached hydrogens (primary N) is 1. The zero-order valence-corrected chi connectivity index (χ0v) is 20.0. The summed E-state index contributed by atoms with van der Waals surface area (Å²) in [4.78, 5) is 28.4. The maximum atomic E-state index is 12.9. The number of imidazole rings is 1. The number of benzene rings is 1. The van der Waals surface area contributed by atoms with Crippen LogP contribution < -0.4 is 20.7 Å². The number of pyridine rings is 2. The van der Waals surface area contributed by atoms with E-state index in [1.54, 1.807) is 19.5 Å². The summed E-state index contributed by atoms with van der Waals surface area (Å²) >= 11 is 0. The number of fused-ring (bicyclic) bond motifs is 1. The van der Waals surface area contributed by atoms with E-state index in [9.17, 15) is 4.79 Å². The predicted octanol–water partition coefficient (Wildman–Crippen LogP) is 3.30. The molecule has 5 rings (SSSR count). The Hall–Kier alpha value is -4.14. The van der Waals surface area contributed by atoms with Crippen molar-refractivity contribution in [1.29, 1.82) is 0 Å². The highest BCUT2D eigenvalue weighted by molar-refractivity contribution is 5.96. The van der Waals surface area contributed by atoms with Crippen molar-refractivity contribution in [2.24, 2.45) is 0 Å². The number of methoxy groups -OCH3 is 1. The molecule has 4 heterocycles. The van der Waals surface area contributed by atoms with E-state index in [-0.39, 0.29) is 5.91 Å². The summed E-state index contributed by atoms with van der Waals surface area (Å²) in [7, 11) is 1.61. The Labute approximate surface area is 204 Å². The molecule has 0 atom stereocenters. The van der Waals surface area contributed by atoms with E-state index in [1.165, 1.54) is 12.8 Å². The summed E-state index contributed by atoms with van der Waals surface area (Å²) in [6.45, 7) is 4.94. The first-order chi connectivity index (χ1) is 17.0. The molecule has 0 bridgehead atoms. The van der Waals surface area contributed by atoms with Crippen LogP contribution in [0.25, 0.3) is 10.8 Å². The van der Waals surface area contributed by atoms with Crippen molar-refractivity contribution in [3.05, 3.63) is 71.6 Å². The number of aromatic nitrogens is 4. The average Bonchev–Trinajstić information content (AvgIpc) is 3.53. The highest BCUT2D eigenvalue weighted by Gasteiger charge is 2.16. The molecule has 1 aliphatic heterocycles. The molecule has 3 aromatic heterocycles. The quantitative estimate of drug-likeness (QED) is 0.425. The van der Waals surface area contributed by atoms with Crippen LogP contribution in [0.4, 0.5) is 11.6 Å². The number of amides is 1. The molecule has 1 fully saturated rings. The van der Waals surface area contributed by atoms with Crippen LogP contribution >= 0.6 is 0 Å². The highest BCUT2D eigenvalue weighted by atomic mass is 16.5. The van der Waals surface area contributed by atoms with Gasteiger partial charge in [-0.15, -0.1) is 0 Å². The first kappa shape index (κ1) is 22.6. The molecular weight excluding hydrogens is 442 g/mol. The van der Waals surface area contributed by atoms with Crippen molar-refractivity contribution in [2.45, 2.75) is 32.9 Å². The molecule has 4 aromatic rings. The molecular formula is C26H29N7O2. The van der Waals surface area contributed by atoms with E-state index in [0.717, 1.165) is 46.6 Å². The van der Waals surface area contributed by atoms with Gasteiger partial charge in [0.2, 0.25) is 0 Å². The molecule has 0 unspecified atom stereocenters. The van der Waals surface area contributed by atoms with Gasteiger partial charge in [-0.2, -0.15) is 0 Å². The third-order valence-corrected chi connectivity index (χ3v) is 6.45. The monoisotopic (exact) mass is 471 g/mol. The fraction of sp³-hybridized carbons (Fsp3) is 0.308. The smallest absolute Gasteiger partial charge is 0.271 e. The van der Waals surface area contributed by atoms with Gasteiger partial charge >= 0.3 is 0 Å². The Morgan fingerprint density at radius 1 is 1.11 bits per heavy atom. The second-order valence-electron chi connectivity index (χ2n) is 8.75. The third-order valence-electron chi connectivity index (χ3n) is 6.45. The minimum absolute atomic E-state index is 0.245. The SMILES string of the molecule is COc1c(CNC(=O)c2cn(Cc3ccc(N4CCCC4)nc3)c(C)n2)ccc2c(N)nccc12. The first-order valence-electron chi connectivity index (χ1n) is 11.8. The standard InChI is InChI=1S/C26H29N7O2/c1-17-31-22(16-33(17)15-18-5-8-23(29-13-18)32-11-3-4-12-32)26(34)30-14-19-6-7-21-20(24(19)35-2)9-10-28-25(21)27/h5-10,13,16H,3-4,11-12,14-15H2,1-2H3,(H2,27,28)(H,30,34). The Kier molecular flexibility index (Phi) is 6.22. The largest absolute Gasteiger partial charge is 0.496 e. The van der Waals surface area contributed by atoms with Crippen molar-refractivity contribution in [3.8, 4) is 5.75 Å². The van der Waals surface area contributed by atoms with Crippen LogP contribution in [0, 0.1) is 6.92 Å². The van der Waals surface area contributed by atoms with Crippen molar-refractivity contribution in [1.82, 2.24) is 24.8 Å². The fourth-order valence-corrected chi connectivity index (χ4v) is 4.56. The molecule has 1 aromatic carbocycles. The van der Waals surface area contributed by atoms with Gasteiger partial charge in [0.05, 0.1) is 13.7 Å². The predicted molar refractivity (Wildman–Crippen MR) is 136 cm³/mol. The zero-order chi connectivity index (χ0) is 24.4. The van der Waals surface area contributed by atoms with E-state index in [1.807, 2.05) is 35.9 Å². The number of nitrogens with zero attached hydrogens (tertiary/aromatic N) is 5. The first-order valence-corrected chi connectivity index (χ1v) is 11.8. The van der Waals surface area contributed by atoms with Gasteiger partial charge in [0.1, 0.15) is 28.9 Å². The molecule has 0 spiro atoms. The second kappa shape index (κ2) is 9.61. The number of hydrogen-bond acceptors (Lipinski definition) is 7. The zero-order valence-electron chi connectivity index (χ0n) is 20.0. The van der Waals surface area contributed by atoms with Crippen LogP contribution in [0.3, 0.4) is 0 Å². The van der Waals surface area contributed by atoms with Crippen LogP contribution in [0.5, 0.6) is 5.75 Å². The summed E-state index contributed by atoms with van der Waals surface area (Å²) in [5, 5.41) is 4.63. The van der Waals surface area contributed by atoms with Crippen LogP contribution in [0.1, 0.15) is 40.3 Å². The third kappa shape index (κ3) is 4.62. The lowest BCUT2D eigenvalue weighted by molar-refractivity contribution is 0.0946. The minimum Gasteiger partial charge on any atom is -0.496 e. The van der Waals surface area contributed by atoms with Gasteiger partial charge in [-0.05, 0) is 37.5 Å². The van der Waals surface area contributed by atoms with E-state index in [2.05, 4.69) is 37.3 Å². The van der Waals surface area contributed by atoms with Crippen molar-refractivity contribution < 1.29 is 9.53 Å². The van der Waals surface area contributed by atoms with Crippen molar-refractivity contribution >= 4 is 28.3 Å². The molecule has 9 heteroatoms. The Bertz CT molecular complexity index is 1360. The molecule has 1 amide bonds. The van der Waals surface area contributed by atoms with Crippen LogP contribution in [-0.2, 0) is 13.1 Å². The summed E-state index contributed by atoms with van der Waals surface area (Å²) in [5.41, 5.74) is 8.27. The Morgan fingerprint density at radius 2 is 1.94 bits per heavy atom. The van der Waals surface area contributed by atoms with E-state index >= 15 is 0 Å². The lowest BCUT2D eigenvalue weighted by atomic mass is 10.1. The highest BCUT2D eigenvalue weighted by Crippen LogP contribution is 2.31. The van der Waals surface area contributed by atoms with Crippen molar-refractivity contribution in [3.63, 3.8) is 0 Å². The number of aryl methyl sites for hydroxylation is 1. The number of ether oxygens (including phenoxy) is 1. The maximum Gasteiger partial charge on any atom is 0.271 e. The fourth-order valence-electron chi connectivity index (χ4n) is 4.56. The molecule has 35 heavy (non-hydrogen) atoms. The lowest BCUT2D eigenvalue weighted by Gasteiger charge is -2.16. The van der Waals surface area contributed by atoms with Crippen LogP contribution in [-0.4, -0.2) is 45.6 Å². The van der Waals surface area contributed by atoms with Gasteiger partial charge in [0.25, 0.3) is 5.91 Å². The number of carbonyl (C=O) groups is 1.